The summed E-state index contributed by atoms with van der Waals surface area (Å²) in [5, 5.41) is 6.29. The number of benzene rings is 1. The minimum absolute atomic E-state index is 0.126. The van der Waals surface area contributed by atoms with Gasteiger partial charge in [-0.3, -0.25) is 0 Å². The van der Waals surface area contributed by atoms with Crippen LogP contribution in [0.15, 0.2) is 33.3 Å². The standard InChI is InChI=1S/C13H13BrFN3O2/c1-8-5-10(17-20-8)7-18(2)13(19)16-12-4-3-9(14)6-11(12)15/h3-6H,7H2,1-2H3,(H,16,19). The molecule has 2 amide bonds. The second kappa shape index (κ2) is 6.04. The minimum Gasteiger partial charge on any atom is -0.361 e. The maximum absolute atomic E-state index is 13.6. The Morgan fingerprint density at radius 1 is 1.50 bits per heavy atom. The summed E-state index contributed by atoms with van der Waals surface area (Å²) >= 11 is 3.16. The van der Waals surface area contributed by atoms with Crippen LogP contribution in [0.2, 0.25) is 0 Å². The molecule has 0 spiro atoms. The Labute approximate surface area is 123 Å². The summed E-state index contributed by atoms with van der Waals surface area (Å²) in [6.45, 7) is 2.05. The van der Waals surface area contributed by atoms with Crippen LogP contribution >= 0.6 is 15.9 Å². The zero-order valence-corrected chi connectivity index (χ0v) is 12.6. The predicted molar refractivity (Wildman–Crippen MR) is 75.8 cm³/mol. The van der Waals surface area contributed by atoms with E-state index in [1.807, 2.05) is 0 Å². The number of aryl methyl sites for hydroxylation is 1. The number of carbonyl (C=O) groups is 1. The molecule has 1 aromatic carbocycles. The summed E-state index contributed by atoms with van der Waals surface area (Å²) in [5.41, 5.74) is 0.762. The number of anilines is 1. The van der Waals surface area contributed by atoms with Crippen LogP contribution in [0.5, 0.6) is 0 Å². The van der Waals surface area contributed by atoms with Crippen molar-refractivity contribution in [3.63, 3.8) is 0 Å². The SMILES string of the molecule is Cc1cc(CN(C)C(=O)Nc2ccc(Br)cc2F)no1. The van der Waals surface area contributed by atoms with Gasteiger partial charge in [0.15, 0.2) is 0 Å². The molecule has 20 heavy (non-hydrogen) atoms. The Hall–Kier alpha value is -1.89. The summed E-state index contributed by atoms with van der Waals surface area (Å²) in [5.74, 6) is 0.172. The van der Waals surface area contributed by atoms with Crippen molar-refractivity contribution in [1.82, 2.24) is 10.1 Å². The molecule has 0 unspecified atom stereocenters. The highest BCUT2D eigenvalue weighted by atomic mass is 79.9. The lowest BCUT2D eigenvalue weighted by Gasteiger charge is -2.16. The van der Waals surface area contributed by atoms with Gasteiger partial charge in [-0.2, -0.15) is 0 Å². The first kappa shape index (κ1) is 14.5. The van der Waals surface area contributed by atoms with Gasteiger partial charge in [0, 0.05) is 17.6 Å². The second-order valence-electron chi connectivity index (χ2n) is 4.34. The number of amides is 2. The van der Waals surface area contributed by atoms with Crippen LogP contribution in [0, 0.1) is 12.7 Å². The van der Waals surface area contributed by atoms with E-state index in [1.165, 1.54) is 17.0 Å². The smallest absolute Gasteiger partial charge is 0.322 e. The fourth-order valence-electron chi connectivity index (χ4n) is 1.61. The molecule has 0 aliphatic heterocycles. The fraction of sp³-hybridized carbons (Fsp3) is 0.231. The second-order valence-corrected chi connectivity index (χ2v) is 5.25. The molecule has 0 saturated carbocycles. The number of hydrogen-bond acceptors (Lipinski definition) is 3. The number of urea groups is 1. The third-order valence-corrected chi connectivity index (χ3v) is 3.09. The Morgan fingerprint density at radius 2 is 2.25 bits per heavy atom. The zero-order chi connectivity index (χ0) is 14.7. The molecule has 2 rings (SSSR count). The molecule has 2 aromatic rings. The lowest BCUT2D eigenvalue weighted by atomic mass is 10.3. The van der Waals surface area contributed by atoms with Crippen LogP contribution in [0.25, 0.3) is 0 Å². The minimum atomic E-state index is -0.501. The summed E-state index contributed by atoms with van der Waals surface area (Å²) in [6, 6.07) is 5.75. The number of aromatic nitrogens is 1. The van der Waals surface area contributed by atoms with Gasteiger partial charge in [0.2, 0.25) is 0 Å². The maximum atomic E-state index is 13.6. The van der Waals surface area contributed by atoms with E-state index in [2.05, 4.69) is 26.4 Å². The first-order valence-electron chi connectivity index (χ1n) is 5.85. The van der Waals surface area contributed by atoms with Crippen LogP contribution < -0.4 is 5.32 Å². The van der Waals surface area contributed by atoms with E-state index in [1.54, 1.807) is 26.1 Å². The lowest BCUT2D eigenvalue weighted by Crippen LogP contribution is -2.31. The average Bonchev–Trinajstić information content (AvgIpc) is 2.78. The number of nitrogens with one attached hydrogen (secondary N) is 1. The number of carbonyl (C=O) groups excluding carboxylic acids is 1. The van der Waals surface area contributed by atoms with E-state index < -0.39 is 11.8 Å². The third kappa shape index (κ3) is 3.57. The van der Waals surface area contributed by atoms with E-state index in [9.17, 15) is 9.18 Å². The summed E-state index contributed by atoms with van der Waals surface area (Å²) in [7, 11) is 1.59. The van der Waals surface area contributed by atoms with Gasteiger partial charge in [-0.1, -0.05) is 21.1 Å². The highest BCUT2D eigenvalue weighted by molar-refractivity contribution is 9.10. The van der Waals surface area contributed by atoms with E-state index in [0.29, 0.717) is 15.9 Å². The molecule has 1 heterocycles. The van der Waals surface area contributed by atoms with E-state index in [-0.39, 0.29) is 12.2 Å². The topological polar surface area (TPSA) is 58.4 Å². The molecular weight excluding hydrogens is 329 g/mol. The molecule has 0 saturated heterocycles. The van der Waals surface area contributed by atoms with Crippen molar-refractivity contribution in [3.8, 4) is 0 Å². The van der Waals surface area contributed by atoms with Crippen molar-refractivity contribution in [3.05, 3.63) is 46.0 Å². The highest BCUT2D eigenvalue weighted by Crippen LogP contribution is 2.19. The molecule has 0 radical (unpaired) electrons. The van der Waals surface area contributed by atoms with Crippen molar-refractivity contribution in [2.45, 2.75) is 13.5 Å². The number of hydrogen-bond donors (Lipinski definition) is 1. The average molecular weight is 342 g/mol. The lowest BCUT2D eigenvalue weighted by molar-refractivity contribution is 0.219. The monoisotopic (exact) mass is 341 g/mol. The number of halogens is 2. The van der Waals surface area contributed by atoms with Crippen LogP contribution in [0.1, 0.15) is 11.5 Å². The molecule has 0 bridgehead atoms. The summed E-state index contributed by atoms with van der Waals surface area (Å²) < 4.78 is 19.1. The molecule has 7 heteroatoms. The largest absolute Gasteiger partial charge is 0.361 e. The van der Waals surface area contributed by atoms with Gasteiger partial charge in [0.25, 0.3) is 0 Å². The molecule has 106 valence electrons. The van der Waals surface area contributed by atoms with Crippen molar-refractivity contribution >= 4 is 27.6 Å². The van der Waals surface area contributed by atoms with Gasteiger partial charge in [-0.25, -0.2) is 9.18 Å². The van der Waals surface area contributed by atoms with Crippen LogP contribution in [0.3, 0.4) is 0 Å². The fourth-order valence-corrected chi connectivity index (χ4v) is 1.94. The Morgan fingerprint density at radius 3 is 2.85 bits per heavy atom. The molecule has 5 nitrogen and oxygen atoms in total. The van der Waals surface area contributed by atoms with Gasteiger partial charge in [0.1, 0.15) is 17.3 Å². The molecular formula is C13H13BrFN3O2. The number of rotatable bonds is 3. The molecule has 0 fully saturated rings. The third-order valence-electron chi connectivity index (χ3n) is 2.60. The molecule has 0 atom stereocenters. The van der Waals surface area contributed by atoms with E-state index >= 15 is 0 Å². The van der Waals surface area contributed by atoms with Gasteiger partial charge < -0.3 is 14.7 Å². The van der Waals surface area contributed by atoms with Crippen LogP contribution in [-0.4, -0.2) is 23.1 Å². The highest BCUT2D eigenvalue weighted by Gasteiger charge is 2.13. The summed E-state index contributed by atoms with van der Waals surface area (Å²) in [4.78, 5) is 13.3. The molecule has 1 aromatic heterocycles. The van der Waals surface area contributed by atoms with E-state index in [0.717, 1.165) is 0 Å². The zero-order valence-electron chi connectivity index (χ0n) is 11.0. The Balaban J connectivity index is 2.00. The van der Waals surface area contributed by atoms with Gasteiger partial charge in [-0.05, 0) is 25.1 Å². The predicted octanol–water partition coefficient (Wildman–Crippen LogP) is 3.55. The van der Waals surface area contributed by atoms with Crippen molar-refractivity contribution < 1.29 is 13.7 Å². The van der Waals surface area contributed by atoms with Crippen molar-refractivity contribution in [2.24, 2.45) is 0 Å². The van der Waals surface area contributed by atoms with Gasteiger partial charge >= 0.3 is 6.03 Å². The maximum Gasteiger partial charge on any atom is 0.322 e. The molecule has 0 aliphatic carbocycles. The van der Waals surface area contributed by atoms with Gasteiger partial charge in [-0.15, -0.1) is 0 Å². The van der Waals surface area contributed by atoms with E-state index in [4.69, 9.17) is 4.52 Å². The van der Waals surface area contributed by atoms with Crippen LogP contribution in [0.4, 0.5) is 14.9 Å². The van der Waals surface area contributed by atoms with Gasteiger partial charge in [0.05, 0.1) is 12.2 Å². The Kier molecular flexibility index (Phi) is 4.39. The number of nitrogens with zero attached hydrogens (tertiary/aromatic N) is 2. The first-order chi connectivity index (χ1) is 9.45. The molecule has 1 N–H and O–H groups in total. The Bertz CT molecular complexity index is 630. The van der Waals surface area contributed by atoms with Crippen molar-refractivity contribution in [1.29, 1.82) is 0 Å². The quantitative estimate of drug-likeness (QED) is 0.928. The first-order valence-corrected chi connectivity index (χ1v) is 6.64. The normalized spacial score (nSPS) is 10.4. The molecule has 0 aliphatic rings. The summed E-state index contributed by atoms with van der Waals surface area (Å²) in [6.07, 6.45) is 0. The van der Waals surface area contributed by atoms with Crippen molar-refractivity contribution in [2.75, 3.05) is 12.4 Å². The van der Waals surface area contributed by atoms with Crippen LogP contribution in [-0.2, 0) is 6.54 Å².